The van der Waals surface area contributed by atoms with E-state index in [0.717, 1.165) is 31.9 Å². The van der Waals surface area contributed by atoms with E-state index in [1.807, 2.05) is 0 Å². The number of rotatable bonds is 2. The van der Waals surface area contributed by atoms with Gasteiger partial charge in [-0.2, -0.15) is 0 Å². The van der Waals surface area contributed by atoms with E-state index in [4.69, 9.17) is 0 Å². The second kappa shape index (κ2) is 3.70. The van der Waals surface area contributed by atoms with Crippen LogP contribution < -0.4 is 10.6 Å². The summed E-state index contributed by atoms with van der Waals surface area (Å²) in [4.78, 5) is 8.49. The Kier molecular flexibility index (Phi) is 2.40. The molecule has 1 aliphatic rings. The fraction of sp³-hybridized carbons (Fsp3) is 0.556. The average Bonchev–Trinajstić information content (AvgIpc) is 2.19. The number of nitrogens with zero attached hydrogens (tertiary/aromatic N) is 2. The van der Waals surface area contributed by atoms with E-state index in [1.165, 1.54) is 11.3 Å². The van der Waals surface area contributed by atoms with Gasteiger partial charge in [-0.25, -0.2) is 9.97 Å². The molecule has 0 unspecified atom stereocenters. The number of nitrogens with one attached hydrogen (secondary N) is 2. The predicted octanol–water partition coefficient (Wildman–Crippen LogP) is 0.554. The first-order chi connectivity index (χ1) is 6.42. The molecule has 0 saturated carbocycles. The van der Waals surface area contributed by atoms with Crippen LogP contribution in [-0.4, -0.2) is 23.1 Å². The van der Waals surface area contributed by atoms with E-state index < -0.39 is 0 Å². The maximum Gasteiger partial charge on any atom is 0.134 e. The third-order valence-corrected chi connectivity index (χ3v) is 2.22. The van der Waals surface area contributed by atoms with Crippen molar-refractivity contribution in [2.75, 3.05) is 18.4 Å². The van der Waals surface area contributed by atoms with Crippen LogP contribution in [0.4, 0.5) is 5.82 Å². The molecule has 13 heavy (non-hydrogen) atoms. The smallest absolute Gasteiger partial charge is 0.134 e. The minimum atomic E-state index is 0.887. The van der Waals surface area contributed by atoms with E-state index in [-0.39, 0.29) is 0 Å². The van der Waals surface area contributed by atoms with Gasteiger partial charge in [0.2, 0.25) is 0 Å². The van der Waals surface area contributed by atoms with Gasteiger partial charge >= 0.3 is 0 Å². The van der Waals surface area contributed by atoms with Crippen LogP contribution in [0, 0.1) is 0 Å². The zero-order chi connectivity index (χ0) is 9.10. The largest absolute Gasteiger partial charge is 0.370 e. The maximum atomic E-state index is 4.27. The third kappa shape index (κ3) is 1.62. The molecule has 0 aromatic carbocycles. The summed E-state index contributed by atoms with van der Waals surface area (Å²) < 4.78 is 0. The zero-order valence-corrected chi connectivity index (χ0v) is 7.80. The van der Waals surface area contributed by atoms with Crippen molar-refractivity contribution in [2.45, 2.75) is 19.9 Å². The molecule has 0 spiro atoms. The van der Waals surface area contributed by atoms with E-state index >= 15 is 0 Å². The molecule has 2 rings (SSSR count). The molecular formula is C9H14N4. The normalized spacial score (nSPS) is 15.2. The number of aromatic nitrogens is 2. The standard InChI is InChI=1S/C9H14N4/c1-2-11-9-7-5-10-4-3-8(7)12-6-13-9/h6,10H,2-5H2,1H3,(H,11,12,13). The summed E-state index contributed by atoms with van der Waals surface area (Å²) in [5, 5.41) is 6.56. The molecule has 4 nitrogen and oxygen atoms in total. The topological polar surface area (TPSA) is 49.8 Å². The highest BCUT2D eigenvalue weighted by atomic mass is 15.0. The summed E-state index contributed by atoms with van der Waals surface area (Å²) in [6.07, 6.45) is 2.65. The van der Waals surface area contributed by atoms with Crippen molar-refractivity contribution in [3.8, 4) is 0 Å². The van der Waals surface area contributed by atoms with Gasteiger partial charge in [-0.3, -0.25) is 0 Å². The lowest BCUT2D eigenvalue weighted by molar-refractivity contribution is 0.627. The molecule has 1 aromatic rings. The van der Waals surface area contributed by atoms with E-state index in [0.29, 0.717) is 0 Å². The molecule has 0 amide bonds. The van der Waals surface area contributed by atoms with Crippen molar-refractivity contribution in [3.05, 3.63) is 17.6 Å². The molecule has 70 valence electrons. The molecule has 0 saturated heterocycles. The zero-order valence-electron chi connectivity index (χ0n) is 7.80. The summed E-state index contributed by atoms with van der Waals surface area (Å²) in [6, 6.07) is 0. The second-order valence-electron chi connectivity index (χ2n) is 3.10. The van der Waals surface area contributed by atoms with Crippen LogP contribution in [0.2, 0.25) is 0 Å². The van der Waals surface area contributed by atoms with Gasteiger partial charge in [-0.15, -0.1) is 0 Å². The predicted molar refractivity (Wildman–Crippen MR) is 51.6 cm³/mol. The van der Waals surface area contributed by atoms with Crippen LogP contribution in [0.5, 0.6) is 0 Å². The van der Waals surface area contributed by atoms with E-state index in [9.17, 15) is 0 Å². The van der Waals surface area contributed by atoms with Crippen molar-refractivity contribution in [1.29, 1.82) is 0 Å². The van der Waals surface area contributed by atoms with Gasteiger partial charge in [0.15, 0.2) is 0 Å². The van der Waals surface area contributed by atoms with E-state index in [2.05, 4.69) is 27.5 Å². The lowest BCUT2D eigenvalue weighted by Gasteiger charge is -2.18. The van der Waals surface area contributed by atoms with Gasteiger partial charge in [-0.1, -0.05) is 0 Å². The van der Waals surface area contributed by atoms with Gasteiger partial charge in [0.05, 0.1) is 5.69 Å². The minimum absolute atomic E-state index is 0.887. The van der Waals surface area contributed by atoms with Crippen LogP contribution in [0.25, 0.3) is 0 Å². The molecule has 2 N–H and O–H groups in total. The molecule has 2 heterocycles. The summed E-state index contributed by atoms with van der Waals surface area (Å²) in [7, 11) is 0. The van der Waals surface area contributed by atoms with Crippen LogP contribution in [0.3, 0.4) is 0 Å². The second-order valence-corrected chi connectivity index (χ2v) is 3.10. The number of fused-ring (bicyclic) bond motifs is 1. The quantitative estimate of drug-likeness (QED) is 0.694. The molecule has 0 atom stereocenters. The molecule has 0 bridgehead atoms. The number of anilines is 1. The fourth-order valence-corrected chi connectivity index (χ4v) is 1.59. The highest BCUT2D eigenvalue weighted by Gasteiger charge is 2.13. The number of hydrogen-bond acceptors (Lipinski definition) is 4. The highest BCUT2D eigenvalue weighted by Crippen LogP contribution is 2.17. The van der Waals surface area contributed by atoms with Crippen molar-refractivity contribution < 1.29 is 0 Å². The third-order valence-electron chi connectivity index (χ3n) is 2.22. The van der Waals surface area contributed by atoms with Crippen LogP contribution in [-0.2, 0) is 13.0 Å². The Balaban J connectivity index is 2.34. The molecule has 1 aliphatic heterocycles. The van der Waals surface area contributed by atoms with Gasteiger partial charge in [-0.05, 0) is 6.92 Å². The molecule has 0 aliphatic carbocycles. The van der Waals surface area contributed by atoms with Crippen LogP contribution >= 0.6 is 0 Å². The Morgan fingerprint density at radius 3 is 3.31 bits per heavy atom. The minimum Gasteiger partial charge on any atom is -0.370 e. The van der Waals surface area contributed by atoms with Gasteiger partial charge in [0.25, 0.3) is 0 Å². The molecule has 0 radical (unpaired) electrons. The lowest BCUT2D eigenvalue weighted by Crippen LogP contribution is -2.26. The van der Waals surface area contributed by atoms with Crippen molar-refractivity contribution in [2.24, 2.45) is 0 Å². The van der Waals surface area contributed by atoms with Crippen LogP contribution in [0.1, 0.15) is 18.2 Å². The molecule has 4 heteroatoms. The average molecular weight is 178 g/mol. The molecule has 0 fully saturated rings. The fourth-order valence-electron chi connectivity index (χ4n) is 1.59. The Labute approximate surface area is 77.8 Å². The van der Waals surface area contributed by atoms with Gasteiger partial charge in [0, 0.05) is 31.6 Å². The Bertz CT molecular complexity index is 298. The number of hydrogen-bond donors (Lipinski definition) is 2. The summed E-state index contributed by atoms with van der Waals surface area (Å²) in [6.45, 7) is 4.89. The Hall–Kier alpha value is -1.16. The first-order valence-corrected chi connectivity index (χ1v) is 4.69. The van der Waals surface area contributed by atoms with E-state index in [1.54, 1.807) is 6.33 Å². The summed E-state index contributed by atoms with van der Waals surface area (Å²) in [5.74, 6) is 0.986. The van der Waals surface area contributed by atoms with Crippen molar-refractivity contribution in [3.63, 3.8) is 0 Å². The van der Waals surface area contributed by atoms with Crippen LogP contribution in [0.15, 0.2) is 6.33 Å². The Morgan fingerprint density at radius 1 is 1.54 bits per heavy atom. The van der Waals surface area contributed by atoms with Crippen molar-refractivity contribution >= 4 is 5.82 Å². The van der Waals surface area contributed by atoms with Gasteiger partial charge in [0.1, 0.15) is 12.1 Å². The lowest BCUT2D eigenvalue weighted by atomic mass is 10.1. The summed E-state index contributed by atoms with van der Waals surface area (Å²) >= 11 is 0. The molecule has 1 aromatic heterocycles. The van der Waals surface area contributed by atoms with Crippen molar-refractivity contribution in [1.82, 2.24) is 15.3 Å². The van der Waals surface area contributed by atoms with Gasteiger partial charge < -0.3 is 10.6 Å². The Morgan fingerprint density at radius 2 is 2.46 bits per heavy atom. The highest BCUT2D eigenvalue weighted by molar-refractivity contribution is 5.46. The maximum absolute atomic E-state index is 4.27. The monoisotopic (exact) mass is 178 g/mol. The summed E-state index contributed by atoms with van der Waals surface area (Å²) in [5.41, 5.74) is 2.42. The SMILES string of the molecule is CCNc1ncnc2c1CNCC2. The first kappa shape index (κ1) is 8.44. The first-order valence-electron chi connectivity index (χ1n) is 4.69. The molecular weight excluding hydrogens is 164 g/mol.